The second-order valence-corrected chi connectivity index (χ2v) is 9.34. The maximum atomic E-state index is 12.8. The Labute approximate surface area is 146 Å². The van der Waals surface area contributed by atoms with Gasteiger partial charge in [-0.15, -0.1) is 11.8 Å². The summed E-state index contributed by atoms with van der Waals surface area (Å²) in [5.41, 5.74) is 0.965. The number of fused-ring (bicyclic) bond motifs is 1. The fourth-order valence-electron chi connectivity index (χ4n) is 3.07. The standard InChI is InChI=1S/C15H21ClN2O3S2/c1-10-8-18(9-11(2)21-10)23(19,20)17-14-5-6-22-15-4-3-12(16)7-13(14)15/h3-4,7,10-11,14,17H,5-6,8-9H2,1-2H3. The summed E-state index contributed by atoms with van der Waals surface area (Å²) in [6, 6.07) is 5.43. The van der Waals surface area contributed by atoms with Crippen molar-refractivity contribution in [2.24, 2.45) is 0 Å². The zero-order valence-corrected chi connectivity index (χ0v) is 15.5. The minimum atomic E-state index is -3.55. The molecule has 8 heteroatoms. The van der Waals surface area contributed by atoms with E-state index >= 15 is 0 Å². The third-order valence-corrected chi connectivity index (χ3v) is 6.95. The third kappa shape index (κ3) is 4.03. The number of rotatable bonds is 3. The van der Waals surface area contributed by atoms with Crippen LogP contribution in [0.15, 0.2) is 23.1 Å². The van der Waals surface area contributed by atoms with Crippen molar-refractivity contribution in [3.05, 3.63) is 28.8 Å². The van der Waals surface area contributed by atoms with E-state index < -0.39 is 10.2 Å². The lowest BCUT2D eigenvalue weighted by Gasteiger charge is -2.36. The van der Waals surface area contributed by atoms with Gasteiger partial charge in [-0.3, -0.25) is 0 Å². The van der Waals surface area contributed by atoms with Crippen LogP contribution in [0.3, 0.4) is 0 Å². The predicted octanol–water partition coefficient (Wildman–Crippen LogP) is 2.82. The summed E-state index contributed by atoms with van der Waals surface area (Å²) in [5, 5.41) is 0.629. The highest BCUT2D eigenvalue weighted by Crippen LogP contribution is 2.38. The maximum absolute atomic E-state index is 12.8. The molecule has 1 aromatic rings. The second kappa shape index (κ2) is 6.90. The highest BCUT2D eigenvalue weighted by atomic mass is 35.5. The molecule has 3 atom stereocenters. The zero-order chi connectivity index (χ0) is 16.6. The number of nitrogens with one attached hydrogen (secondary N) is 1. The molecule has 0 amide bonds. The van der Waals surface area contributed by atoms with E-state index in [4.69, 9.17) is 16.3 Å². The molecule has 1 N–H and O–H groups in total. The Kier molecular flexibility index (Phi) is 5.25. The van der Waals surface area contributed by atoms with Gasteiger partial charge >= 0.3 is 0 Å². The number of hydrogen-bond donors (Lipinski definition) is 1. The van der Waals surface area contributed by atoms with Crippen molar-refractivity contribution in [3.63, 3.8) is 0 Å². The number of ether oxygens (including phenoxy) is 1. The molecule has 128 valence electrons. The van der Waals surface area contributed by atoms with Gasteiger partial charge in [0.2, 0.25) is 0 Å². The number of halogens is 1. The lowest BCUT2D eigenvalue weighted by atomic mass is 10.1. The summed E-state index contributed by atoms with van der Waals surface area (Å²) in [4.78, 5) is 1.09. The van der Waals surface area contributed by atoms with Crippen molar-refractivity contribution in [2.45, 2.75) is 43.4 Å². The first-order valence-electron chi connectivity index (χ1n) is 7.70. The Morgan fingerprint density at radius 3 is 2.70 bits per heavy atom. The average molecular weight is 377 g/mol. The smallest absolute Gasteiger partial charge is 0.280 e. The third-order valence-electron chi connectivity index (χ3n) is 4.03. The molecule has 23 heavy (non-hydrogen) atoms. The van der Waals surface area contributed by atoms with Crippen LogP contribution in [0.2, 0.25) is 5.02 Å². The maximum Gasteiger partial charge on any atom is 0.280 e. The minimum Gasteiger partial charge on any atom is -0.373 e. The number of nitrogens with zero attached hydrogens (tertiary/aromatic N) is 1. The van der Waals surface area contributed by atoms with Gasteiger partial charge in [-0.2, -0.15) is 17.4 Å². The van der Waals surface area contributed by atoms with Gasteiger partial charge in [0.25, 0.3) is 10.2 Å². The Morgan fingerprint density at radius 1 is 1.30 bits per heavy atom. The molecular formula is C15H21ClN2O3S2. The summed E-state index contributed by atoms with van der Waals surface area (Å²) in [6.07, 6.45) is 0.560. The molecule has 0 aromatic heterocycles. The van der Waals surface area contributed by atoms with Crippen LogP contribution in [-0.4, -0.2) is 43.8 Å². The van der Waals surface area contributed by atoms with Crippen LogP contribution in [0.1, 0.15) is 31.9 Å². The van der Waals surface area contributed by atoms with Crippen molar-refractivity contribution in [1.29, 1.82) is 0 Å². The van der Waals surface area contributed by atoms with Crippen LogP contribution < -0.4 is 4.72 Å². The largest absolute Gasteiger partial charge is 0.373 e. The Morgan fingerprint density at radius 2 is 2.00 bits per heavy atom. The second-order valence-electron chi connectivity index (χ2n) is 6.07. The van der Waals surface area contributed by atoms with Gasteiger partial charge in [-0.25, -0.2) is 0 Å². The van der Waals surface area contributed by atoms with Crippen LogP contribution in [-0.2, 0) is 14.9 Å². The van der Waals surface area contributed by atoms with Crippen LogP contribution in [0.5, 0.6) is 0 Å². The number of benzene rings is 1. The van der Waals surface area contributed by atoms with E-state index in [9.17, 15) is 8.42 Å². The van der Waals surface area contributed by atoms with Gasteiger partial charge in [0.1, 0.15) is 0 Å². The molecule has 1 fully saturated rings. The summed E-state index contributed by atoms with van der Waals surface area (Å²) >= 11 is 7.82. The number of morpholine rings is 1. The lowest BCUT2D eigenvalue weighted by molar-refractivity contribution is -0.0444. The molecule has 2 aliphatic heterocycles. The molecule has 0 spiro atoms. The number of hydrogen-bond acceptors (Lipinski definition) is 4. The summed E-state index contributed by atoms with van der Waals surface area (Å²) < 4.78 is 35.5. The Hall–Kier alpha value is -0.310. The highest BCUT2D eigenvalue weighted by molar-refractivity contribution is 7.99. The topological polar surface area (TPSA) is 58.6 Å². The molecule has 5 nitrogen and oxygen atoms in total. The van der Waals surface area contributed by atoms with Gasteiger partial charge in [0, 0.05) is 29.0 Å². The first-order chi connectivity index (χ1) is 10.8. The zero-order valence-electron chi connectivity index (χ0n) is 13.2. The summed E-state index contributed by atoms with van der Waals surface area (Å²) in [6.45, 7) is 4.54. The van der Waals surface area contributed by atoms with Crippen LogP contribution >= 0.6 is 23.4 Å². The molecular weight excluding hydrogens is 356 g/mol. The summed E-state index contributed by atoms with van der Waals surface area (Å²) in [5.74, 6) is 0.887. The van der Waals surface area contributed by atoms with Crippen LogP contribution in [0, 0.1) is 0 Å². The molecule has 2 aliphatic rings. The molecule has 0 aliphatic carbocycles. The molecule has 0 saturated carbocycles. The van der Waals surface area contributed by atoms with E-state index in [0.29, 0.717) is 18.1 Å². The van der Waals surface area contributed by atoms with Gasteiger partial charge in [0.15, 0.2) is 0 Å². The van der Waals surface area contributed by atoms with Crippen molar-refractivity contribution in [3.8, 4) is 0 Å². The van der Waals surface area contributed by atoms with E-state index in [1.165, 1.54) is 4.31 Å². The molecule has 2 heterocycles. The molecule has 1 aromatic carbocycles. The van der Waals surface area contributed by atoms with E-state index in [2.05, 4.69) is 4.72 Å². The summed E-state index contributed by atoms with van der Waals surface area (Å²) in [7, 11) is -3.55. The van der Waals surface area contributed by atoms with Crippen LogP contribution in [0.25, 0.3) is 0 Å². The quantitative estimate of drug-likeness (QED) is 0.881. The monoisotopic (exact) mass is 376 g/mol. The van der Waals surface area contributed by atoms with Crippen LogP contribution in [0.4, 0.5) is 0 Å². The lowest BCUT2D eigenvalue weighted by Crippen LogP contribution is -2.52. The van der Waals surface area contributed by atoms with E-state index in [0.717, 1.165) is 22.6 Å². The predicted molar refractivity (Wildman–Crippen MR) is 93.2 cm³/mol. The van der Waals surface area contributed by atoms with Gasteiger partial charge in [0.05, 0.1) is 12.2 Å². The van der Waals surface area contributed by atoms with Gasteiger partial charge in [-0.1, -0.05) is 11.6 Å². The Balaban J connectivity index is 1.80. The fourth-order valence-corrected chi connectivity index (χ4v) is 5.92. The molecule has 0 radical (unpaired) electrons. The minimum absolute atomic E-state index is 0.0982. The Bertz CT molecular complexity index is 673. The highest BCUT2D eigenvalue weighted by Gasteiger charge is 2.34. The van der Waals surface area contributed by atoms with E-state index in [-0.39, 0.29) is 18.2 Å². The fraction of sp³-hybridized carbons (Fsp3) is 0.600. The molecule has 1 saturated heterocycles. The first kappa shape index (κ1) is 17.5. The molecule has 3 rings (SSSR count). The first-order valence-corrected chi connectivity index (χ1v) is 10.5. The van der Waals surface area contributed by atoms with Gasteiger partial charge in [-0.05, 0) is 49.8 Å². The average Bonchev–Trinajstić information content (AvgIpc) is 2.46. The van der Waals surface area contributed by atoms with Crippen molar-refractivity contribution in [1.82, 2.24) is 9.03 Å². The SMILES string of the molecule is CC1CN(S(=O)(=O)NC2CCSc3ccc(Cl)cc32)CC(C)O1. The van der Waals surface area contributed by atoms with E-state index in [1.54, 1.807) is 11.8 Å². The number of thioether (sulfide) groups is 1. The van der Waals surface area contributed by atoms with Crippen molar-refractivity contribution < 1.29 is 13.2 Å². The normalized spacial score (nSPS) is 29.3. The molecule has 3 unspecified atom stereocenters. The van der Waals surface area contributed by atoms with Crippen molar-refractivity contribution >= 4 is 33.6 Å². The van der Waals surface area contributed by atoms with E-state index in [1.807, 2.05) is 32.0 Å². The molecule has 0 bridgehead atoms. The van der Waals surface area contributed by atoms with Gasteiger partial charge < -0.3 is 4.74 Å². The van der Waals surface area contributed by atoms with Crippen molar-refractivity contribution in [2.75, 3.05) is 18.8 Å².